The van der Waals surface area contributed by atoms with Crippen LogP contribution in [0.4, 0.5) is 4.39 Å². The Balaban J connectivity index is 1.53. The van der Waals surface area contributed by atoms with Crippen LogP contribution >= 0.6 is 0 Å². The normalized spacial score (nSPS) is 11.5. The van der Waals surface area contributed by atoms with E-state index in [2.05, 4.69) is 35.3 Å². The molecule has 0 bridgehead atoms. The van der Waals surface area contributed by atoms with Crippen molar-refractivity contribution in [3.05, 3.63) is 67.0 Å². The summed E-state index contributed by atoms with van der Waals surface area (Å²) in [7, 11) is 0. The van der Waals surface area contributed by atoms with Gasteiger partial charge in [0.05, 0.1) is 34.8 Å². The zero-order valence-corrected chi connectivity index (χ0v) is 15.4. The van der Waals surface area contributed by atoms with Gasteiger partial charge < -0.3 is 4.98 Å². The number of rotatable bonds is 3. The van der Waals surface area contributed by atoms with Gasteiger partial charge in [-0.2, -0.15) is 10.2 Å². The Labute approximate surface area is 168 Å². The molecule has 5 heterocycles. The molecule has 0 saturated carbocycles. The monoisotopic (exact) mass is 396 g/mol. The van der Waals surface area contributed by atoms with Gasteiger partial charge in [0.15, 0.2) is 5.82 Å². The Hall–Kier alpha value is -4.40. The van der Waals surface area contributed by atoms with E-state index in [1.165, 1.54) is 12.1 Å². The van der Waals surface area contributed by atoms with E-state index >= 15 is 0 Å². The minimum atomic E-state index is -0.320. The third-order valence-electron chi connectivity index (χ3n) is 4.96. The summed E-state index contributed by atoms with van der Waals surface area (Å²) in [5, 5.41) is 15.1. The maximum absolute atomic E-state index is 13.7. The molecule has 0 spiro atoms. The summed E-state index contributed by atoms with van der Waals surface area (Å²) in [6.45, 7) is 0. The van der Waals surface area contributed by atoms with Gasteiger partial charge in [0.1, 0.15) is 17.0 Å². The maximum Gasteiger partial charge on any atom is 0.159 e. The van der Waals surface area contributed by atoms with Crippen LogP contribution in [0.3, 0.4) is 0 Å². The number of hydrogen-bond acceptors (Lipinski definition) is 5. The predicted octanol–water partition coefficient (Wildman–Crippen LogP) is 4.09. The molecule has 0 unspecified atom stereocenters. The minimum absolute atomic E-state index is 0.320. The highest BCUT2D eigenvalue weighted by Gasteiger charge is 2.17. The lowest BCUT2D eigenvalue weighted by atomic mass is 10.1. The molecular weight excluding hydrogens is 383 g/mol. The maximum atomic E-state index is 13.7. The average molecular weight is 396 g/mol. The zero-order valence-electron chi connectivity index (χ0n) is 15.4. The van der Waals surface area contributed by atoms with E-state index in [4.69, 9.17) is 4.98 Å². The molecule has 30 heavy (non-hydrogen) atoms. The van der Waals surface area contributed by atoms with Crippen molar-refractivity contribution >= 4 is 21.9 Å². The van der Waals surface area contributed by atoms with Crippen molar-refractivity contribution in [2.24, 2.45) is 0 Å². The number of aromatic amines is 3. The molecule has 3 N–H and O–H groups in total. The molecule has 0 aliphatic carbocycles. The highest BCUT2D eigenvalue weighted by Crippen LogP contribution is 2.31. The van der Waals surface area contributed by atoms with E-state index in [1.807, 2.05) is 18.2 Å². The van der Waals surface area contributed by atoms with Gasteiger partial charge in [0, 0.05) is 28.9 Å². The van der Waals surface area contributed by atoms with E-state index in [0.29, 0.717) is 28.3 Å². The summed E-state index contributed by atoms with van der Waals surface area (Å²) >= 11 is 0. The summed E-state index contributed by atoms with van der Waals surface area (Å²) in [6.07, 6.45) is 6.91. The van der Waals surface area contributed by atoms with E-state index in [9.17, 15) is 4.39 Å². The van der Waals surface area contributed by atoms with Crippen molar-refractivity contribution in [3.8, 4) is 34.0 Å². The van der Waals surface area contributed by atoms with Crippen molar-refractivity contribution in [2.75, 3.05) is 0 Å². The lowest BCUT2D eigenvalue weighted by Crippen LogP contribution is -1.86. The Morgan fingerprint density at radius 2 is 1.87 bits per heavy atom. The number of aromatic nitrogens is 8. The van der Waals surface area contributed by atoms with Gasteiger partial charge in [0.2, 0.25) is 0 Å². The first-order valence-corrected chi connectivity index (χ1v) is 9.20. The second-order valence-electron chi connectivity index (χ2n) is 6.83. The molecule has 8 nitrogen and oxygen atoms in total. The molecular formula is C21H13FN8. The SMILES string of the molecule is Fc1cccc(-c2nccc3[nH]c(-c4n[nH]c5cnc(-c6cn[nH]c6)cc45)nc23)c1. The first-order valence-electron chi connectivity index (χ1n) is 9.20. The highest BCUT2D eigenvalue weighted by atomic mass is 19.1. The molecule has 6 aromatic rings. The molecule has 0 fully saturated rings. The number of hydrogen-bond donors (Lipinski definition) is 3. The van der Waals surface area contributed by atoms with Crippen LogP contribution in [0.25, 0.3) is 56.0 Å². The van der Waals surface area contributed by atoms with E-state index in [0.717, 1.165) is 27.7 Å². The molecule has 5 aromatic heterocycles. The third kappa shape index (κ3) is 2.56. The van der Waals surface area contributed by atoms with Crippen LogP contribution in [0.15, 0.2) is 61.2 Å². The third-order valence-corrected chi connectivity index (χ3v) is 4.96. The van der Waals surface area contributed by atoms with E-state index in [-0.39, 0.29) is 5.82 Å². The van der Waals surface area contributed by atoms with Gasteiger partial charge in [-0.05, 0) is 24.3 Å². The Kier molecular flexibility index (Phi) is 3.48. The molecule has 0 aliphatic rings. The lowest BCUT2D eigenvalue weighted by Gasteiger charge is -2.01. The number of H-pyrrole nitrogens is 3. The summed E-state index contributed by atoms with van der Waals surface area (Å²) in [5.74, 6) is 0.269. The Morgan fingerprint density at radius 3 is 2.73 bits per heavy atom. The van der Waals surface area contributed by atoms with Crippen LogP contribution in [0.2, 0.25) is 0 Å². The molecule has 0 amide bonds. The largest absolute Gasteiger partial charge is 0.336 e. The van der Waals surface area contributed by atoms with E-state index in [1.54, 1.807) is 30.9 Å². The minimum Gasteiger partial charge on any atom is -0.336 e. The summed E-state index contributed by atoms with van der Waals surface area (Å²) in [4.78, 5) is 16.9. The smallest absolute Gasteiger partial charge is 0.159 e. The van der Waals surface area contributed by atoms with Gasteiger partial charge in [0.25, 0.3) is 0 Å². The fourth-order valence-corrected chi connectivity index (χ4v) is 3.54. The number of fused-ring (bicyclic) bond motifs is 2. The van der Waals surface area contributed by atoms with Gasteiger partial charge in [-0.3, -0.25) is 20.2 Å². The molecule has 9 heteroatoms. The van der Waals surface area contributed by atoms with Crippen LogP contribution in [-0.4, -0.2) is 40.3 Å². The zero-order chi connectivity index (χ0) is 20.1. The first kappa shape index (κ1) is 16.5. The molecule has 0 radical (unpaired) electrons. The number of imidazole rings is 1. The number of benzene rings is 1. The van der Waals surface area contributed by atoms with Crippen LogP contribution in [-0.2, 0) is 0 Å². The molecule has 0 atom stereocenters. The highest BCUT2D eigenvalue weighted by molar-refractivity contribution is 5.96. The Bertz CT molecular complexity index is 1510. The first-order chi connectivity index (χ1) is 14.8. The van der Waals surface area contributed by atoms with Gasteiger partial charge >= 0.3 is 0 Å². The van der Waals surface area contributed by atoms with Gasteiger partial charge in [-0.15, -0.1) is 0 Å². The van der Waals surface area contributed by atoms with Crippen molar-refractivity contribution < 1.29 is 4.39 Å². The fraction of sp³-hybridized carbons (Fsp3) is 0. The fourth-order valence-electron chi connectivity index (χ4n) is 3.54. The van der Waals surface area contributed by atoms with Crippen LogP contribution < -0.4 is 0 Å². The molecule has 144 valence electrons. The molecule has 0 aliphatic heterocycles. The van der Waals surface area contributed by atoms with Crippen LogP contribution in [0.1, 0.15) is 0 Å². The predicted molar refractivity (Wildman–Crippen MR) is 110 cm³/mol. The van der Waals surface area contributed by atoms with Gasteiger partial charge in [-0.1, -0.05) is 12.1 Å². The number of halogens is 1. The van der Waals surface area contributed by atoms with Crippen molar-refractivity contribution in [2.45, 2.75) is 0 Å². The van der Waals surface area contributed by atoms with Crippen molar-refractivity contribution in [1.82, 2.24) is 40.3 Å². The standard InChI is InChI=1S/C21H13FN8/c22-13-3-1-2-11(6-13)18-20-15(4-5-23-18)27-21(28-20)19-14-7-16(12-8-25-26-9-12)24-10-17(14)29-30-19/h1-10H,(H,25,26)(H,27,28)(H,29,30). The number of nitrogens with zero attached hydrogens (tertiary/aromatic N) is 5. The van der Waals surface area contributed by atoms with Gasteiger partial charge in [-0.25, -0.2) is 9.37 Å². The molecule has 6 rings (SSSR count). The number of nitrogens with one attached hydrogen (secondary N) is 3. The summed E-state index contributed by atoms with van der Waals surface area (Å²) in [6, 6.07) is 10.1. The Morgan fingerprint density at radius 1 is 0.900 bits per heavy atom. The summed E-state index contributed by atoms with van der Waals surface area (Å²) in [5.41, 5.74) is 5.83. The average Bonchev–Trinajstić information content (AvgIpc) is 3.51. The summed E-state index contributed by atoms with van der Waals surface area (Å²) < 4.78 is 13.7. The van der Waals surface area contributed by atoms with Crippen LogP contribution in [0, 0.1) is 5.82 Å². The second kappa shape index (κ2) is 6.31. The van der Waals surface area contributed by atoms with Crippen LogP contribution in [0.5, 0.6) is 0 Å². The van der Waals surface area contributed by atoms with E-state index < -0.39 is 0 Å². The lowest BCUT2D eigenvalue weighted by molar-refractivity contribution is 0.628. The molecule has 0 saturated heterocycles. The number of pyridine rings is 2. The molecule has 1 aromatic carbocycles. The topological polar surface area (TPSA) is 112 Å². The second-order valence-corrected chi connectivity index (χ2v) is 6.83. The van der Waals surface area contributed by atoms with Crippen molar-refractivity contribution in [3.63, 3.8) is 0 Å². The quantitative estimate of drug-likeness (QED) is 0.417. The van der Waals surface area contributed by atoms with Crippen molar-refractivity contribution in [1.29, 1.82) is 0 Å².